The molecule has 10 heteroatoms. The van der Waals surface area contributed by atoms with Crippen molar-refractivity contribution in [2.75, 3.05) is 91.6 Å². The smallest absolute Gasteiger partial charge is 0.221 e. The molecule has 0 heterocycles. The summed E-state index contributed by atoms with van der Waals surface area (Å²) in [5.41, 5.74) is 0. The van der Waals surface area contributed by atoms with Crippen LogP contribution in [0.15, 0.2) is 0 Å². The van der Waals surface area contributed by atoms with Crippen molar-refractivity contribution in [1.82, 2.24) is 36.0 Å². The minimum atomic E-state index is 0.180. The van der Waals surface area contributed by atoms with E-state index >= 15 is 0 Å². The van der Waals surface area contributed by atoms with Crippen molar-refractivity contribution in [3.05, 3.63) is 0 Å². The van der Waals surface area contributed by atoms with Gasteiger partial charge in [-0.15, -0.1) is 0 Å². The van der Waals surface area contributed by atoms with Gasteiger partial charge in [0.25, 0.3) is 0 Å². The topological polar surface area (TPSA) is 109 Å². The summed E-state index contributed by atoms with van der Waals surface area (Å²) in [6, 6.07) is 0. The van der Waals surface area contributed by atoms with E-state index in [0.717, 1.165) is 111 Å². The van der Waals surface area contributed by atoms with Gasteiger partial charge in [-0.1, -0.05) is 280 Å². The average molecular weight is 1080 g/mol. The number of hydrogen-bond acceptors (Lipinski definition) is 7. The molecule has 0 radical (unpaired) electrons. The zero-order valence-corrected chi connectivity index (χ0v) is 52.7. The van der Waals surface area contributed by atoms with Crippen LogP contribution in [0.1, 0.15) is 318 Å². The average Bonchev–Trinajstić information content (AvgIpc) is 3.43. The van der Waals surface area contributed by atoms with Crippen molar-refractivity contribution < 1.29 is 14.4 Å². The van der Waals surface area contributed by atoms with Crippen LogP contribution >= 0.6 is 0 Å². The first-order valence-corrected chi connectivity index (χ1v) is 34.0. The number of nitrogens with one attached hydrogen (secondary N) is 4. The maximum atomic E-state index is 12.4. The number of carbonyl (C=O) groups is 3. The number of likely N-dealkylation sites (N-methyl/N-ethyl adjacent to an activating group) is 4. The number of amides is 3. The van der Waals surface area contributed by atoms with Gasteiger partial charge in [-0.25, -0.2) is 0 Å². The molecule has 0 spiro atoms. The zero-order chi connectivity index (χ0) is 55.9. The number of hydrogen-bond donors (Lipinski definition) is 4. The zero-order valence-electron chi connectivity index (χ0n) is 52.7. The van der Waals surface area contributed by atoms with Gasteiger partial charge >= 0.3 is 0 Å². The minimum absolute atomic E-state index is 0.180. The van der Waals surface area contributed by atoms with Gasteiger partial charge in [0.2, 0.25) is 17.7 Å². The largest absolute Gasteiger partial charge is 0.356 e. The van der Waals surface area contributed by atoms with E-state index in [1.807, 2.05) is 0 Å². The Morgan fingerprint density at radius 3 is 0.671 bits per heavy atom. The first kappa shape index (κ1) is 76.3. The molecule has 0 bridgehead atoms. The maximum absolute atomic E-state index is 12.4. The van der Waals surface area contributed by atoms with Crippen LogP contribution in [-0.2, 0) is 14.4 Å². The van der Waals surface area contributed by atoms with Crippen LogP contribution in [-0.4, -0.2) is 124 Å². The van der Waals surface area contributed by atoms with Crippen molar-refractivity contribution in [3.63, 3.8) is 0 Å². The van der Waals surface area contributed by atoms with Crippen LogP contribution in [0.4, 0.5) is 0 Å². The molecular weight excluding hydrogens is 939 g/mol. The van der Waals surface area contributed by atoms with Crippen molar-refractivity contribution in [2.24, 2.45) is 0 Å². The van der Waals surface area contributed by atoms with Gasteiger partial charge < -0.3 is 36.0 Å². The Morgan fingerprint density at radius 1 is 0.250 bits per heavy atom. The second-order valence-corrected chi connectivity index (χ2v) is 22.7. The quantitative estimate of drug-likeness (QED) is 0.0449. The maximum Gasteiger partial charge on any atom is 0.221 e. The predicted molar refractivity (Wildman–Crippen MR) is 335 cm³/mol. The molecule has 3 amide bonds. The van der Waals surface area contributed by atoms with Gasteiger partial charge in [0.05, 0.1) is 0 Å². The van der Waals surface area contributed by atoms with E-state index in [1.165, 1.54) is 231 Å². The summed E-state index contributed by atoms with van der Waals surface area (Å²) >= 11 is 0. The number of carbonyl (C=O) groups excluding carboxylic acids is 3. The van der Waals surface area contributed by atoms with Crippen LogP contribution in [0, 0.1) is 0 Å². The molecule has 0 unspecified atom stereocenters. The van der Waals surface area contributed by atoms with Crippen LogP contribution in [0.2, 0.25) is 0 Å². The number of unbranched alkanes of at least 4 members (excludes halogenated alkanes) is 36. The van der Waals surface area contributed by atoms with Crippen molar-refractivity contribution in [3.8, 4) is 0 Å². The summed E-state index contributed by atoms with van der Waals surface area (Å²) in [4.78, 5) is 43.8. The molecule has 0 aliphatic rings. The Labute approximate surface area is 475 Å². The second-order valence-electron chi connectivity index (χ2n) is 22.7. The molecule has 0 saturated carbocycles. The summed E-state index contributed by atoms with van der Waals surface area (Å²) in [7, 11) is 0. The highest BCUT2D eigenvalue weighted by Gasteiger charge is 2.12. The van der Waals surface area contributed by atoms with Gasteiger partial charge in [-0.3, -0.25) is 14.4 Å². The Kier molecular flexibility index (Phi) is 66.0. The van der Waals surface area contributed by atoms with E-state index < -0.39 is 0 Å². The summed E-state index contributed by atoms with van der Waals surface area (Å²) < 4.78 is 0. The lowest BCUT2D eigenvalue weighted by molar-refractivity contribution is -0.122. The molecule has 454 valence electrons. The molecule has 10 nitrogen and oxygen atoms in total. The van der Waals surface area contributed by atoms with Crippen LogP contribution in [0.3, 0.4) is 0 Å². The lowest BCUT2D eigenvalue weighted by atomic mass is 10.0. The fourth-order valence-electron chi connectivity index (χ4n) is 10.1. The van der Waals surface area contributed by atoms with Gasteiger partial charge in [0.1, 0.15) is 0 Å². The van der Waals surface area contributed by atoms with Crippen LogP contribution < -0.4 is 21.3 Å². The fraction of sp³-hybridized carbons (Fsp3) is 0.955. The van der Waals surface area contributed by atoms with Gasteiger partial charge in [-0.2, -0.15) is 0 Å². The Bertz CT molecular complexity index is 1100. The highest BCUT2D eigenvalue weighted by atomic mass is 16.2. The molecular formula is C66H137N7O3. The molecule has 0 aliphatic carbocycles. The third-order valence-corrected chi connectivity index (χ3v) is 15.7. The van der Waals surface area contributed by atoms with E-state index in [4.69, 9.17) is 0 Å². The first-order chi connectivity index (χ1) is 37.3. The first-order valence-electron chi connectivity index (χ1n) is 34.0. The van der Waals surface area contributed by atoms with Gasteiger partial charge in [0, 0.05) is 84.7 Å². The summed E-state index contributed by atoms with van der Waals surface area (Å²) in [6.45, 7) is 28.3. The minimum Gasteiger partial charge on any atom is -0.356 e. The molecule has 0 saturated heterocycles. The standard InChI is InChI=1S/C42H86N4O2.C24H51N3O/c1-5-9-11-13-15-17-19-21-23-25-27-29-31-35-43-41(47)33-37-45(7-3)39-40-46(8-4)38-34-42(48)44-36-32-30-28-26-24-22-20-18-16-14-12-10-6-2;1-4-7-8-9-10-11-12-13-14-15-16-17-18-20-26-24(28)19-22-27(6-3)23-21-25-5-2/h5-40H2,1-4H3,(H,43,47)(H,44,48);25H,4-23H2,1-3H3,(H,26,28). The van der Waals surface area contributed by atoms with Crippen molar-refractivity contribution in [2.45, 2.75) is 318 Å². The van der Waals surface area contributed by atoms with Crippen molar-refractivity contribution in [1.29, 1.82) is 0 Å². The molecule has 0 aliphatic heterocycles. The SMILES string of the molecule is CCCCCCCCCCCCCCCNC(=O)CCN(CC)CCN(CC)CCC(=O)NCCCCCCCCCCCCCCC.CCCCCCCCCCCCCCCNC(=O)CCN(CC)CCNCC. The van der Waals surface area contributed by atoms with Crippen LogP contribution in [0.25, 0.3) is 0 Å². The third kappa shape index (κ3) is 61.5. The van der Waals surface area contributed by atoms with Crippen LogP contribution in [0.5, 0.6) is 0 Å². The molecule has 0 aromatic carbocycles. The number of rotatable bonds is 61. The molecule has 0 atom stereocenters. The predicted octanol–water partition coefficient (Wildman–Crippen LogP) is 16.3. The fourth-order valence-corrected chi connectivity index (χ4v) is 10.1. The summed E-state index contributed by atoms with van der Waals surface area (Å²) in [6.07, 6.45) is 54.6. The molecule has 0 aromatic rings. The summed E-state index contributed by atoms with van der Waals surface area (Å²) in [5.74, 6) is 0.570. The third-order valence-electron chi connectivity index (χ3n) is 15.7. The summed E-state index contributed by atoms with van der Waals surface area (Å²) in [5, 5.41) is 12.7. The Morgan fingerprint density at radius 2 is 0.461 bits per heavy atom. The molecule has 0 fully saturated rings. The number of nitrogens with zero attached hydrogens (tertiary/aromatic N) is 3. The van der Waals surface area contributed by atoms with E-state index in [9.17, 15) is 14.4 Å². The monoisotopic (exact) mass is 1080 g/mol. The van der Waals surface area contributed by atoms with E-state index in [2.05, 4.69) is 84.4 Å². The molecule has 76 heavy (non-hydrogen) atoms. The lowest BCUT2D eigenvalue weighted by Gasteiger charge is -2.26. The highest BCUT2D eigenvalue weighted by molar-refractivity contribution is 5.76. The van der Waals surface area contributed by atoms with Gasteiger partial charge in [0.15, 0.2) is 0 Å². The van der Waals surface area contributed by atoms with E-state index in [1.54, 1.807) is 0 Å². The van der Waals surface area contributed by atoms with Gasteiger partial charge in [-0.05, 0) is 45.4 Å². The van der Waals surface area contributed by atoms with Crippen molar-refractivity contribution >= 4 is 17.7 Å². The molecule has 0 aromatic heterocycles. The second kappa shape index (κ2) is 65.8. The molecule has 4 N–H and O–H groups in total. The van der Waals surface area contributed by atoms with E-state index in [-0.39, 0.29) is 17.7 Å². The lowest BCUT2D eigenvalue weighted by Crippen LogP contribution is -2.38. The highest BCUT2D eigenvalue weighted by Crippen LogP contribution is 2.15. The Balaban J connectivity index is 0. The van der Waals surface area contributed by atoms with E-state index in [0.29, 0.717) is 19.3 Å². The normalized spacial score (nSPS) is 11.4. The molecule has 0 rings (SSSR count). The Hall–Kier alpha value is -1.75.